The zero-order valence-corrected chi connectivity index (χ0v) is 11.3. The summed E-state index contributed by atoms with van der Waals surface area (Å²) < 4.78 is 23.1. The molecule has 1 saturated heterocycles. The molecule has 3 N–H and O–H groups in total. The average Bonchev–Trinajstić information content (AvgIpc) is 2.54. The summed E-state index contributed by atoms with van der Waals surface area (Å²) in [5.41, 5.74) is 4.96. The Hall–Kier alpha value is -0.620. The van der Waals surface area contributed by atoms with Crippen LogP contribution >= 0.6 is 0 Å². The second kappa shape index (κ2) is 5.35. The van der Waals surface area contributed by atoms with Crippen LogP contribution in [0.15, 0.2) is 0 Å². The first-order valence-electron chi connectivity index (χ1n) is 6.08. The molecule has 1 fully saturated rings. The molecule has 1 amide bonds. The molecule has 1 aliphatic rings. The van der Waals surface area contributed by atoms with Crippen LogP contribution in [0.25, 0.3) is 0 Å². The molecule has 17 heavy (non-hydrogen) atoms. The van der Waals surface area contributed by atoms with E-state index in [4.69, 9.17) is 5.73 Å². The second-order valence-electron chi connectivity index (χ2n) is 5.01. The summed E-state index contributed by atoms with van der Waals surface area (Å²) in [6.07, 6.45) is 2.74. The van der Waals surface area contributed by atoms with Crippen molar-refractivity contribution in [1.29, 1.82) is 0 Å². The summed E-state index contributed by atoms with van der Waals surface area (Å²) >= 11 is 0. The van der Waals surface area contributed by atoms with Crippen molar-refractivity contribution in [1.82, 2.24) is 5.32 Å². The van der Waals surface area contributed by atoms with Crippen molar-refractivity contribution in [3.05, 3.63) is 0 Å². The van der Waals surface area contributed by atoms with Crippen LogP contribution in [0.4, 0.5) is 0 Å². The summed E-state index contributed by atoms with van der Waals surface area (Å²) in [7, 11) is -3.00. The fraction of sp³-hybridized carbons (Fsp3) is 0.909. The van der Waals surface area contributed by atoms with Crippen molar-refractivity contribution < 1.29 is 13.2 Å². The Morgan fingerprint density at radius 1 is 1.53 bits per heavy atom. The summed E-state index contributed by atoms with van der Waals surface area (Å²) in [5, 5.41) is 2.24. The van der Waals surface area contributed by atoms with Crippen molar-refractivity contribution >= 4 is 15.7 Å². The van der Waals surface area contributed by atoms with Crippen LogP contribution in [0.5, 0.6) is 0 Å². The van der Waals surface area contributed by atoms with Gasteiger partial charge < -0.3 is 11.1 Å². The zero-order chi connectivity index (χ0) is 13.1. The molecular formula is C11H22N2O3S. The van der Waals surface area contributed by atoms with Crippen LogP contribution in [0, 0.1) is 0 Å². The molecule has 1 aliphatic heterocycles. The highest BCUT2D eigenvalue weighted by Gasteiger charge is 2.33. The van der Waals surface area contributed by atoms with Gasteiger partial charge in [0.15, 0.2) is 9.84 Å². The Morgan fingerprint density at radius 2 is 2.18 bits per heavy atom. The predicted octanol–water partition coefficient (Wildman–Crippen LogP) is 0.197. The fourth-order valence-electron chi connectivity index (χ4n) is 2.13. The number of nitrogens with one attached hydrogen (secondary N) is 1. The maximum absolute atomic E-state index is 11.8. The van der Waals surface area contributed by atoms with E-state index in [2.05, 4.69) is 5.32 Å². The molecule has 0 bridgehead atoms. The van der Waals surface area contributed by atoms with Gasteiger partial charge in [-0.3, -0.25) is 4.79 Å². The quantitative estimate of drug-likeness (QED) is 0.740. The van der Waals surface area contributed by atoms with Gasteiger partial charge in [-0.05, 0) is 26.2 Å². The van der Waals surface area contributed by atoms with E-state index < -0.39 is 20.6 Å². The number of sulfone groups is 1. The van der Waals surface area contributed by atoms with Crippen LogP contribution in [-0.4, -0.2) is 37.4 Å². The summed E-state index contributed by atoms with van der Waals surface area (Å²) in [5.74, 6) is -0.0241. The largest absolute Gasteiger partial charge is 0.353 e. The van der Waals surface area contributed by atoms with Crippen LogP contribution in [0.2, 0.25) is 0 Å². The molecule has 0 aromatic carbocycles. The topological polar surface area (TPSA) is 89.3 Å². The van der Waals surface area contributed by atoms with E-state index in [1.165, 1.54) is 0 Å². The number of hydrogen-bond donors (Lipinski definition) is 2. The SMILES string of the molecule is CCCC(C)(N)C(=O)NCC1CCCS1(=O)=O. The normalized spacial score (nSPS) is 26.4. The number of amides is 1. The highest BCUT2D eigenvalue weighted by Crippen LogP contribution is 2.19. The van der Waals surface area contributed by atoms with Gasteiger partial charge in [0.05, 0.1) is 16.5 Å². The first-order valence-corrected chi connectivity index (χ1v) is 7.80. The molecule has 100 valence electrons. The monoisotopic (exact) mass is 262 g/mol. The molecule has 2 unspecified atom stereocenters. The second-order valence-corrected chi connectivity index (χ2v) is 7.41. The maximum atomic E-state index is 11.8. The molecule has 6 heteroatoms. The molecule has 0 saturated carbocycles. The van der Waals surface area contributed by atoms with E-state index in [0.717, 1.165) is 6.42 Å². The molecular weight excluding hydrogens is 240 g/mol. The fourth-order valence-corrected chi connectivity index (χ4v) is 3.89. The van der Waals surface area contributed by atoms with Crippen LogP contribution in [-0.2, 0) is 14.6 Å². The lowest BCUT2D eigenvalue weighted by atomic mass is 9.96. The van der Waals surface area contributed by atoms with Crippen LogP contribution in [0.3, 0.4) is 0 Å². The molecule has 0 aromatic rings. The highest BCUT2D eigenvalue weighted by molar-refractivity contribution is 7.92. The first kappa shape index (κ1) is 14.4. The predicted molar refractivity (Wildman–Crippen MR) is 67.3 cm³/mol. The average molecular weight is 262 g/mol. The van der Waals surface area contributed by atoms with Gasteiger partial charge in [0.2, 0.25) is 5.91 Å². The van der Waals surface area contributed by atoms with E-state index in [1.54, 1.807) is 6.92 Å². The molecule has 0 spiro atoms. The zero-order valence-electron chi connectivity index (χ0n) is 10.5. The Labute approximate surface area is 103 Å². The minimum absolute atomic E-state index is 0.192. The van der Waals surface area contributed by atoms with Gasteiger partial charge in [-0.1, -0.05) is 13.3 Å². The number of carbonyl (C=O) groups is 1. The Kier molecular flexibility index (Phi) is 4.55. The lowest BCUT2D eigenvalue weighted by Gasteiger charge is -2.23. The van der Waals surface area contributed by atoms with E-state index in [-0.39, 0.29) is 18.2 Å². The van der Waals surface area contributed by atoms with Gasteiger partial charge in [0, 0.05) is 6.54 Å². The lowest BCUT2D eigenvalue weighted by molar-refractivity contribution is -0.126. The third-order valence-electron chi connectivity index (χ3n) is 3.24. The maximum Gasteiger partial charge on any atom is 0.239 e. The number of carbonyl (C=O) groups excluding carboxylic acids is 1. The van der Waals surface area contributed by atoms with Crippen molar-refractivity contribution in [3.63, 3.8) is 0 Å². The van der Waals surface area contributed by atoms with Gasteiger partial charge in [0.25, 0.3) is 0 Å². The number of hydrogen-bond acceptors (Lipinski definition) is 4. The Morgan fingerprint density at radius 3 is 2.65 bits per heavy atom. The van der Waals surface area contributed by atoms with Crippen LogP contribution < -0.4 is 11.1 Å². The third-order valence-corrected chi connectivity index (χ3v) is 5.52. The minimum Gasteiger partial charge on any atom is -0.353 e. The molecule has 0 aliphatic carbocycles. The third kappa shape index (κ3) is 3.67. The Balaban J connectivity index is 2.49. The molecule has 0 aromatic heterocycles. The standard InChI is InChI=1S/C11H22N2O3S/c1-3-6-11(2,12)10(14)13-8-9-5-4-7-17(9,15)16/h9H,3-8,12H2,1-2H3,(H,13,14). The van der Waals surface area contributed by atoms with E-state index in [1.807, 2.05) is 6.92 Å². The van der Waals surface area contributed by atoms with E-state index >= 15 is 0 Å². The summed E-state index contributed by atoms with van der Waals surface area (Å²) in [6.45, 7) is 3.83. The molecule has 5 nitrogen and oxygen atoms in total. The van der Waals surface area contributed by atoms with Crippen molar-refractivity contribution in [2.45, 2.75) is 50.3 Å². The van der Waals surface area contributed by atoms with Crippen molar-refractivity contribution in [2.24, 2.45) is 5.73 Å². The summed E-state index contributed by atoms with van der Waals surface area (Å²) in [4.78, 5) is 11.8. The number of rotatable bonds is 5. The van der Waals surface area contributed by atoms with Gasteiger partial charge >= 0.3 is 0 Å². The number of nitrogens with two attached hydrogens (primary N) is 1. The summed E-state index contributed by atoms with van der Waals surface area (Å²) in [6, 6.07) is 0. The van der Waals surface area contributed by atoms with Crippen molar-refractivity contribution in [3.8, 4) is 0 Å². The molecule has 1 rings (SSSR count). The highest BCUT2D eigenvalue weighted by atomic mass is 32.2. The van der Waals surface area contributed by atoms with Gasteiger partial charge in [0.1, 0.15) is 0 Å². The molecule has 2 atom stereocenters. The molecule has 1 heterocycles. The van der Waals surface area contributed by atoms with Gasteiger partial charge in [-0.25, -0.2) is 8.42 Å². The van der Waals surface area contributed by atoms with Crippen molar-refractivity contribution in [2.75, 3.05) is 12.3 Å². The molecule has 0 radical (unpaired) electrons. The Bertz CT molecular complexity index is 376. The van der Waals surface area contributed by atoms with E-state index in [0.29, 0.717) is 19.3 Å². The van der Waals surface area contributed by atoms with Gasteiger partial charge in [-0.2, -0.15) is 0 Å². The minimum atomic E-state index is -3.00. The van der Waals surface area contributed by atoms with E-state index in [9.17, 15) is 13.2 Å². The van der Waals surface area contributed by atoms with Crippen LogP contribution in [0.1, 0.15) is 39.5 Å². The smallest absolute Gasteiger partial charge is 0.239 e. The lowest BCUT2D eigenvalue weighted by Crippen LogP contribution is -2.53. The first-order chi connectivity index (χ1) is 7.79. The van der Waals surface area contributed by atoms with Gasteiger partial charge in [-0.15, -0.1) is 0 Å².